The van der Waals surface area contributed by atoms with E-state index in [1.807, 2.05) is 0 Å². The lowest BCUT2D eigenvalue weighted by Gasteiger charge is -2.64. The summed E-state index contributed by atoms with van der Waals surface area (Å²) < 4.78 is 0. The van der Waals surface area contributed by atoms with Crippen LogP contribution >= 0.6 is 11.6 Å². The van der Waals surface area contributed by atoms with Gasteiger partial charge in [-0.15, -0.1) is 0 Å². The Morgan fingerprint density at radius 2 is 1.77 bits per heavy atom. The summed E-state index contributed by atoms with van der Waals surface area (Å²) in [7, 11) is 0. The van der Waals surface area contributed by atoms with Gasteiger partial charge in [0.1, 0.15) is 0 Å². The van der Waals surface area contributed by atoms with Gasteiger partial charge in [0.05, 0.1) is 5.92 Å². The van der Waals surface area contributed by atoms with Crippen LogP contribution in [0.3, 0.4) is 0 Å². The summed E-state index contributed by atoms with van der Waals surface area (Å²) in [6, 6.07) is 0. The van der Waals surface area contributed by atoms with Crippen LogP contribution < -0.4 is 0 Å². The molecule has 3 rings (SSSR count). The molecule has 124 valence electrons. The highest BCUT2D eigenvalue weighted by atomic mass is 35.5. The number of fused-ring (bicyclic) bond motifs is 3. The minimum atomic E-state index is -0.141. The van der Waals surface area contributed by atoms with E-state index in [9.17, 15) is 4.79 Å². The van der Waals surface area contributed by atoms with Gasteiger partial charge in [-0.25, -0.2) is 0 Å². The zero-order chi connectivity index (χ0) is 16.3. The largest absolute Gasteiger partial charge is 0.281 e. The van der Waals surface area contributed by atoms with Crippen LogP contribution in [0.1, 0.15) is 73.1 Å². The van der Waals surface area contributed by atoms with Gasteiger partial charge in [-0.2, -0.15) is 0 Å². The summed E-state index contributed by atoms with van der Waals surface area (Å²) in [5, 5.41) is -0.141. The van der Waals surface area contributed by atoms with Crippen LogP contribution in [0.15, 0.2) is 11.6 Å². The molecule has 2 fully saturated rings. The first-order chi connectivity index (χ1) is 10.1. The normalized spacial score (nSPS) is 47.2. The molecule has 2 saturated carbocycles. The zero-order valence-electron chi connectivity index (χ0n) is 14.8. The van der Waals surface area contributed by atoms with Crippen LogP contribution in [0.2, 0.25) is 0 Å². The Labute approximate surface area is 140 Å². The van der Waals surface area contributed by atoms with E-state index in [1.165, 1.54) is 31.3 Å². The van der Waals surface area contributed by atoms with Gasteiger partial charge in [0.2, 0.25) is 5.24 Å². The Morgan fingerprint density at radius 1 is 1.09 bits per heavy atom. The Balaban J connectivity index is 2.06. The van der Waals surface area contributed by atoms with Crippen LogP contribution in [-0.4, -0.2) is 5.24 Å². The number of hydrogen-bond donors (Lipinski definition) is 0. The summed E-state index contributed by atoms with van der Waals surface area (Å²) in [5.74, 6) is 1.30. The van der Waals surface area contributed by atoms with Gasteiger partial charge < -0.3 is 0 Å². The first kappa shape index (κ1) is 16.6. The molecule has 0 N–H and O–H groups in total. The first-order valence-electron chi connectivity index (χ1n) is 8.99. The van der Waals surface area contributed by atoms with Crippen LogP contribution in [-0.2, 0) is 4.79 Å². The van der Waals surface area contributed by atoms with E-state index in [4.69, 9.17) is 11.6 Å². The van der Waals surface area contributed by atoms with Crippen molar-refractivity contribution >= 4 is 16.8 Å². The minimum absolute atomic E-state index is 0.0519. The van der Waals surface area contributed by atoms with Crippen LogP contribution in [0.5, 0.6) is 0 Å². The predicted molar refractivity (Wildman–Crippen MR) is 92.8 cm³/mol. The second kappa shape index (κ2) is 5.10. The third-order valence-electron chi connectivity index (χ3n) is 7.86. The SMILES string of the molecule is CC1=CC[C@@H]2[C@](C)(CCC3C(C)(C)CCC[C@]32C)[C@H]1C(=O)Cl. The number of hydrogen-bond acceptors (Lipinski definition) is 1. The number of carbonyl (C=O) groups is 1. The number of rotatable bonds is 1. The fourth-order valence-corrected chi connectivity index (χ4v) is 7.37. The van der Waals surface area contributed by atoms with Gasteiger partial charge in [0, 0.05) is 0 Å². The molecule has 0 aromatic heterocycles. The maximum Gasteiger partial charge on any atom is 0.229 e. The van der Waals surface area contributed by atoms with Crippen molar-refractivity contribution < 1.29 is 4.79 Å². The van der Waals surface area contributed by atoms with Crippen LogP contribution in [0.25, 0.3) is 0 Å². The molecular weight excluding hydrogens is 292 g/mol. The van der Waals surface area contributed by atoms with E-state index < -0.39 is 0 Å². The molecule has 3 aliphatic rings. The highest BCUT2D eigenvalue weighted by Gasteiger charge is 2.61. The second-order valence-electron chi connectivity index (χ2n) is 9.42. The van der Waals surface area contributed by atoms with E-state index in [2.05, 4.69) is 40.7 Å². The molecule has 3 aliphatic carbocycles. The summed E-state index contributed by atoms with van der Waals surface area (Å²) in [6.07, 6.45) is 9.84. The van der Waals surface area contributed by atoms with Crippen molar-refractivity contribution in [3.05, 3.63) is 11.6 Å². The molecule has 22 heavy (non-hydrogen) atoms. The molecule has 0 bridgehead atoms. The van der Waals surface area contributed by atoms with Crippen molar-refractivity contribution in [3.63, 3.8) is 0 Å². The monoisotopic (exact) mass is 322 g/mol. The zero-order valence-corrected chi connectivity index (χ0v) is 15.6. The lowest BCUT2D eigenvalue weighted by atomic mass is 9.40. The van der Waals surface area contributed by atoms with Gasteiger partial charge in [-0.05, 0) is 78.7 Å². The van der Waals surface area contributed by atoms with Gasteiger partial charge in [0.25, 0.3) is 0 Å². The molecule has 0 aromatic carbocycles. The third-order valence-corrected chi connectivity index (χ3v) is 8.08. The smallest absolute Gasteiger partial charge is 0.229 e. The van der Waals surface area contributed by atoms with Gasteiger partial charge in [-0.1, -0.05) is 45.8 Å². The molecule has 0 radical (unpaired) electrons. The molecule has 0 heterocycles. The highest BCUT2D eigenvalue weighted by Crippen LogP contribution is 2.68. The topological polar surface area (TPSA) is 17.1 Å². The van der Waals surface area contributed by atoms with Crippen molar-refractivity contribution in [2.75, 3.05) is 0 Å². The fraction of sp³-hybridized carbons (Fsp3) is 0.850. The third kappa shape index (κ3) is 2.14. The lowest BCUT2D eigenvalue weighted by molar-refractivity contribution is -0.151. The van der Waals surface area contributed by atoms with E-state index >= 15 is 0 Å². The summed E-state index contributed by atoms with van der Waals surface area (Å²) >= 11 is 6.06. The number of halogens is 1. The summed E-state index contributed by atoms with van der Waals surface area (Å²) in [5.41, 5.74) is 2.05. The summed E-state index contributed by atoms with van der Waals surface area (Å²) in [4.78, 5) is 12.2. The molecule has 1 nitrogen and oxygen atoms in total. The molecule has 5 atom stereocenters. The van der Waals surface area contributed by atoms with Gasteiger partial charge >= 0.3 is 0 Å². The highest BCUT2D eigenvalue weighted by molar-refractivity contribution is 6.64. The maximum atomic E-state index is 12.2. The van der Waals surface area contributed by atoms with Crippen molar-refractivity contribution in [2.24, 2.45) is 34.0 Å². The van der Waals surface area contributed by atoms with E-state index in [0.717, 1.165) is 18.8 Å². The van der Waals surface area contributed by atoms with E-state index in [1.54, 1.807) is 0 Å². The Bertz CT molecular complexity index is 520. The van der Waals surface area contributed by atoms with Crippen molar-refractivity contribution in [3.8, 4) is 0 Å². The summed E-state index contributed by atoms with van der Waals surface area (Å²) in [6.45, 7) is 11.9. The average molecular weight is 323 g/mol. The quantitative estimate of drug-likeness (QED) is 0.429. The van der Waals surface area contributed by atoms with Crippen LogP contribution in [0.4, 0.5) is 0 Å². The average Bonchev–Trinajstić information content (AvgIpc) is 2.35. The van der Waals surface area contributed by atoms with Gasteiger partial charge in [0.15, 0.2) is 0 Å². The van der Waals surface area contributed by atoms with Gasteiger partial charge in [-0.3, -0.25) is 4.79 Å². The Kier molecular flexibility index (Phi) is 3.84. The van der Waals surface area contributed by atoms with Crippen molar-refractivity contribution in [1.29, 1.82) is 0 Å². The Hall–Kier alpha value is -0.300. The number of allylic oxidation sites excluding steroid dienone is 2. The second-order valence-corrected chi connectivity index (χ2v) is 9.79. The Morgan fingerprint density at radius 3 is 2.41 bits per heavy atom. The van der Waals surface area contributed by atoms with Crippen LogP contribution in [0, 0.1) is 34.0 Å². The molecular formula is C20H31ClO. The predicted octanol–water partition coefficient (Wildman–Crippen LogP) is 5.97. The molecule has 0 amide bonds. The molecule has 0 saturated heterocycles. The fourth-order valence-electron chi connectivity index (χ4n) is 6.95. The maximum absolute atomic E-state index is 12.2. The van der Waals surface area contributed by atoms with E-state index in [0.29, 0.717) is 16.7 Å². The molecule has 0 aromatic rings. The van der Waals surface area contributed by atoms with Crippen molar-refractivity contribution in [2.45, 2.75) is 73.1 Å². The molecule has 0 aliphatic heterocycles. The van der Waals surface area contributed by atoms with Crippen molar-refractivity contribution in [1.82, 2.24) is 0 Å². The molecule has 0 spiro atoms. The minimum Gasteiger partial charge on any atom is -0.281 e. The first-order valence-corrected chi connectivity index (χ1v) is 9.37. The van der Waals surface area contributed by atoms with E-state index in [-0.39, 0.29) is 16.6 Å². The lowest BCUT2D eigenvalue weighted by Crippen LogP contribution is -2.58. The number of carbonyl (C=O) groups excluding carboxylic acids is 1. The molecule has 2 heteroatoms. The standard InChI is InChI=1S/C20H31ClO/c1-13-7-8-15-19(4)11-6-10-18(2,3)14(19)9-12-20(15,5)16(13)17(21)22/h7,14-16H,6,8-12H2,1-5H3/t14?,15-,16+,19+,20-/m0/s1. The molecule has 1 unspecified atom stereocenters.